The summed E-state index contributed by atoms with van der Waals surface area (Å²) in [5.74, 6) is 0.854. The van der Waals surface area contributed by atoms with Crippen LogP contribution in [-0.2, 0) is 4.74 Å². The van der Waals surface area contributed by atoms with Gasteiger partial charge in [0.1, 0.15) is 5.75 Å². The molecule has 0 fully saturated rings. The van der Waals surface area contributed by atoms with Crippen molar-refractivity contribution in [3.63, 3.8) is 0 Å². The molecule has 0 atom stereocenters. The number of nitrogens with zero attached hydrogens (tertiary/aromatic N) is 1. The highest BCUT2D eigenvalue weighted by atomic mass is 16.5. The average molecular weight is 225 g/mol. The molecule has 4 nitrogen and oxygen atoms in total. The van der Waals surface area contributed by atoms with Gasteiger partial charge in [-0.1, -0.05) is 12.1 Å². The fourth-order valence-electron chi connectivity index (χ4n) is 1.43. The van der Waals surface area contributed by atoms with Crippen molar-refractivity contribution >= 4 is 5.69 Å². The zero-order chi connectivity index (χ0) is 11.8. The molecule has 0 aliphatic carbocycles. The zero-order valence-electron chi connectivity index (χ0n) is 9.85. The highest BCUT2D eigenvalue weighted by molar-refractivity contribution is 5.57. The molecule has 0 saturated heterocycles. The molecule has 0 unspecified atom stereocenters. The van der Waals surface area contributed by atoms with Crippen molar-refractivity contribution in [2.24, 2.45) is 0 Å². The standard InChI is InChI=1S/C12H19NO3/c1-13(7-9-16-10-8-14)11-5-3-4-6-12(11)15-2/h3-6,14H,7-10H2,1-2H3. The number of anilines is 1. The van der Waals surface area contributed by atoms with E-state index in [1.807, 2.05) is 31.3 Å². The van der Waals surface area contributed by atoms with Gasteiger partial charge in [0.05, 0.1) is 32.6 Å². The lowest BCUT2D eigenvalue weighted by atomic mass is 10.2. The third-order valence-electron chi connectivity index (χ3n) is 2.30. The van der Waals surface area contributed by atoms with Gasteiger partial charge >= 0.3 is 0 Å². The molecular weight excluding hydrogens is 206 g/mol. The molecule has 0 aliphatic rings. The largest absolute Gasteiger partial charge is 0.495 e. The second kappa shape index (κ2) is 7.09. The molecule has 1 aromatic rings. The van der Waals surface area contributed by atoms with Crippen molar-refractivity contribution in [3.05, 3.63) is 24.3 Å². The Balaban J connectivity index is 2.48. The maximum atomic E-state index is 8.57. The van der Waals surface area contributed by atoms with Gasteiger partial charge in [-0.15, -0.1) is 0 Å². The Hall–Kier alpha value is -1.26. The van der Waals surface area contributed by atoms with Crippen molar-refractivity contribution < 1.29 is 14.6 Å². The number of benzene rings is 1. The Morgan fingerprint density at radius 3 is 2.69 bits per heavy atom. The van der Waals surface area contributed by atoms with E-state index in [-0.39, 0.29) is 6.61 Å². The number of ether oxygens (including phenoxy) is 2. The van der Waals surface area contributed by atoms with Gasteiger partial charge in [-0.2, -0.15) is 0 Å². The molecule has 0 spiro atoms. The number of hydrogen-bond acceptors (Lipinski definition) is 4. The topological polar surface area (TPSA) is 41.9 Å². The van der Waals surface area contributed by atoms with E-state index >= 15 is 0 Å². The van der Waals surface area contributed by atoms with Crippen LogP contribution in [0, 0.1) is 0 Å². The van der Waals surface area contributed by atoms with E-state index in [1.54, 1.807) is 7.11 Å². The first-order valence-corrected chi connectivity index (χ1v) is 5.32. The highest BCUT2D eigenvalue weighted by Crippen LogP contribution is 2.26. The number of likely N-dealkylation sites (N-methyl/N-ethyl adjacent to an activating group) is 1. The number of para-hydroxylation sites is 2. The van der Waals surface area contributed by atoms with Crippen LogP contribution in [0.5, 0.6) is 5.75 Å². The lowest BCUT2D eigenvalue weighted by Gasteiger charge is -2.21. The minimum atomic E-state index is 0.0678. The molecule has 0 saturated carbocycles. The maximum absolute atomic E-state index is 8.57. The summed E-state index contributed by atoms with van der Waals surface area (Å²) >= 11 is 0. The summed E-state index contributed by atoms with van der Waals surface area (Å²) in [6.07, 6.45) is 0. The van der Waals surface area contributed by atoms with Crippen LogP contribution in [0.2, 0.25) is 0 Å². The van der Waals surface area contributed by atoms with Crippen molar-refractivity contribution in [2.45, 2.75) is 0 Å². The molecule has 0 heterocycles. The van der Waals surface area contributed by atoms with E-state index in [4.69, 9.17) is 14.6 Å². The first-order valence-electron chi connectivity index (χ1n) is 5.32. The maximum Gasteiger partial charge on any atom is 0.142 e. The zero-order valence-corrected chi connectivity index (χ0v) is 9.85. The van der Waals surface area contributed by atoms with Crippen molar-refractivity contribution in [3.8, 4) is 5.75 Å². The fraction of sp³-hybridized carbons (Fsp3) is 0.500. The van der Waals surface area contributed by atoms with E-state index in [9.17, 15) is 0 Å². The van der Waals surface area contributed by atoms with Gasteiger partial charge in [-0.3, -0.25) is 0 Å². The molecule has 0 bridgehead atoms. The van der Waals surface area contributed by atoms with Crippen LogP contribution >= 0.6 is 0 Å². The van der Waals surface area contributed by atoms with Gasteiger partial charge < -0.3 is 19.5 Å². The quantitative estimate of drug-likeness (QED) is 0.707. The summed E-state index contributed by atoms with van der Waals surface area (Å²) < 4.78 is 10.5. The van der Waals surface area contributed by atoms with Crippen LogP contribution in [0.1, 0.15) is 0 Å². The Morgan fingerprint density at radius 2 is 2.00 bits per heavy atom. The van der Waals surface area contributed by atoms with Gasteiger partial charge in [0.2, 0.25) is 0 Å². The Bertz CT molecular complexity index is 304. The second-order valence-electron chi connectivity index (χ2n) is 3.43. The molecule has 0 aromatic heterocycles. The molecule has 1 aromatic carbocycles. The number of methoxy groups -OCH3 is 1. The van der Waals surface area contributed by atoms with Gasteiger partial charge in [0.25, 0.3) is 0 Å². The highest BCUT2D eigenvalue weighted by Gasteiger charge is 2.06. The Morgan fingerprint density at radius 1 is 1.25 bits per heavy atom. The summed E-state index contributed by atoms with van der Waals surface area (Å²) in [5.41, 5.74) is 1.04. The fourth-order valence-corrected chi connectivity index (χ4v) is 1.43. The second-order valence-corrected chi connectivity index (χ2v) is 3.43. The third-order valence-corrected chi connectivity index (χ3v) is 2.30. The van der Waals surface area contributed by atoms with E-state index in [2.05, 4.69) is 4.90 Å². The van der Waals surface area contributed by atoms with E-state index in [1.165, 1.54) is 0 Å². The summed E-state index contributed by atoms with van der Waals surface area (Å²) in [6, 6.07) is 7.85. The van der Waals surface area contributed by atoms with Crippen LogP contribution in [0.3, 0.4) is 0 Å². The molecule has 90 valence electrons. The normalized spacial score (nSPS) is 10.2. The van der Waals surface area contributed by atoms with Crippen LogP contribution in [0.15, 0.2) is 24.3 Å². The molecule has 0 aliphatic heterocycles. The summed E-state index contributed by atoms with van der Waals surface area (Å²) in [4.78, 5) is 2.07. The van der Waals surface area contributed by atoms with Gasteiger partial charge in [-0.05, 0) is 12.1 Å². The molecule has 0 amide bonds. The summed E-state index contributed by atoms with van der Waals surface area (Å²) in [6.45, 7) is 1.81. The van der Waals surface area contributed by atoms with Gasteiger partial charge in [0, 0.05) is 13.6 Å². The van der Waals surface area contributed by atoms with Crippen molar-refractivity contribution in [1.29, 1.82) is 0 Å². The monoisotopic (exact) mass is 225 g/mol. The van der Waals surface area contributed by atoms with Crippen molar-refractivity contribution in [1.82, 2.24) is 0 Å². The SMILES string of the molecule is COc1ccccc1N(C)CCOCCO. The first kappa shape index (κ1) is 12.8. The Labute approximate surface area is 96.4 Å². The van der Waals surface area contributed by atoms with E-state index in [0.717, 1.165) is 18.0 Å². The van der Waals surface area contributed by atoms with Crippen LogP contribution in [0.25, 0.3) is 0 Å². The number of rotatable bonds is 7. The molecule has 16 heavy (non-hydrogen) atoms. The van der Waals surface area contributed by atoms with E-state index in [0.29, 0.717) is 13.2 Å². The number of aliphatic hydroxyl groups is 1. The molecular formula is C12H19NO3. The summed E-state index contributed by atoms with van der Waals surface area (Å²) in [5, 5.41) is 8.57. The molecule has 1 N–H and O–H groups in total. The molecule has 0 radical (unpaired) electrons. The van der Waals surface area contributed by atoms with Crippen LogP contribution in [-0.4, -0.2) is 45.6 Å². The van der Waals surface area contributed by atoms with E-state index < -0.39 is 0 Å². The van der Waals surface area contributed by atoms with Crippen LogP contribution in [0.4, 0.5) is 5.69 Å². The molecule has 4 heteroatoms. The van der Waals surface area contributed by atoms with Gasteiger partial charge in [-0.25, -0.2) is 0 Å². The Kier molecular flexibility index (Phi) is 5.67. The number of hydrogen-bond donors (Lipinski definition) is 1. The smallest absolute Gasteiger partial charge is 0.142 e. The minimum absolute atomic E-state index is 0.0678. The number of aliphatic hydroxyl groups excluding tert-OH is 1. The third kappa shape index (κ3) is 3.72. The predicted octanol–water partition coefficient (Wildman–Crippen LogP) is 1.14. The lowest BCUT2D eigenvalue weighted by molar-refractivity contribution is 0.0971. The average Bonchev–Trinajstić information content (AvgIpc) is 2.34. The predicted molar refractivity (Wildman–Crippen MR) is 64.2 cm³/mol. The lowest BCUT2D eigenvalue weighted by Crippen LogP contribution is -2.23. The molecule has 1 rings (SSSR count). The summed E-state index contributed by atoms with van der Waals surface area (Å²) in [7, 11) is 3.65. The van der Waals surface area contributed by atoms with Crippen LogP contribution < -0.4 is 9.64 Å². The van der Waals surface area contributed by atoms with Crippen molar-refractivity contribution in [2.75, 3.05) is 45.4 Å². The first-order chi connectivity index (χ1) is 7.79. The minimum Gasteiger partial charge on any atom is -0.495 e. The van der Waals surface area contributed by atoms with Gasteiger partial charge in [0.15, 0.2) is 0 Å².